The van der Waals surface area contributed by atoms with Crippen molar-refractivity contribution in [1.29, 1.82) is 0 Å². The summed E-state index contributed by atoms with van der Waals surface area (Å²) >= 11 is 1.73. The molecule has 0 unspecified atom stereocenters. The molecule has 0 radical (unpaired) electrons. The summed E-state index contributed by atoms with van der Waals surface area (Å²) in [4.78, 5) is 16.1. The van der Waals surface area contributed by atoms with E-state index < -0.39 is 0 Å². The van der Waals surface area contributed by atoms with E-state index in [1.807, 2.05) is 26.0 Å². The maximum absolute atomic E-state index is 12.6. The van der Waals surface area contributed by atoms with Crippen LogP contribution in [0.4, 0.5) is 5.69 Å². The summed E-state index contributed by atoms with van der Waals surface area (Å²) in [5.74, 6) is 0.0308. The molecule has 1 aromatic heterocycles. The van der Waals surface area contributed by atoms with Gasteiger partial charge in [-0.2, -0.15) is 0 Å². The van der Waals surface area contributed by atoms with Crippen molar-refractivity contribution in [1.82, 2.24) is 4.90 Å². The lowest BCUT2D eigenvalue weighted by molar-refractivity contribution is -0.117. The number of thiophene rings is 1. The second kappa shape index (κ2) is 8.61. The third-order valence-electron chi connectivity index (χ3n) is 4.48. The molecule has 0 spiro atoms. The number of hydrogen-bond donors (Lipinski definition) is 1. The van der Waals surface area contributed by atoms with Crippen LogP contribution in [0.25, 0.3) is 0 Å². The smallest absolute Gasteiger partial charge is 0.238 e. The molecule has 0 bridgehead atoms. The van der Waals surface area contributed by atoms with E-state index in [2.05, 4.69) is 33.8 Å². The van der Waals surface area contributed by atoms with Gasteiger partial charge in [0.15, 0.2) is 0 Å². The molecule has 25 heavy (non-hydrogen) atoms. The number of anilines is 1. The Balaban J connectivity index is 1.63. The van der Waals surface area contributed by atoms with Crippen LogP contribution in [0.3, 0.4) is 0 Å². The van der Waals surface area contributed by atoms with Crippen molar-refractivity contribution >= 4 is 22.9 Å². The highest BCUT2D eigenvalue weighted by Crippen LogP contribution is 2.19. The zero-order valence-electron chi connectivity index (χ0n) is 15.0. The van der Waals surface area contributed by atoms with Gasteiger partial charge in [-0.3, -0.25) is 9.69 Å². The number of benzene rings is 1. The van der Waals surface area contributed by atoms with Crippen LogP contribution in [0.5, 0.6) is 0 Å². The van der Waals surface area contributed by atoms with Gasteiger partial charge in [0.05, 0.1) is 12.6 Å². The maximum atomic E-state index is 12.6. The third-order valence-corrected chi connectivity index (χ3v) is 5.34. The van der Waals surface area contributed by atoms with E-state index in [0.717, 1.165) is 49.4 Å². The highest BCUT2D eigenvalue weighted by atomic mass is 32.1. The van der Waals surface area contributed by atoms with Gasteiger partial charge in [0.25, 0.3) is 0 Å². The second-order valence-electron chi connectivity index (χ2n) is 6.75. The van der Waals surface area contributed by atoms with Gasteiger partial charge in [-0.25, -0.2) is 0 Å². The van der Waals surface area contributed by atoms with Crippen LogP contribution in [0, 0.1) is 13.8 Å². The predicted molar refractivity (Wildman–Crippen MR) is 103 cm³/mol. The predicted octanol–water partition coefficient (Wildman–Crippen LogP) is 3.98. The Labute approximate surface area is 153 Å². The lowest BCUT2D eigenvalue weighted by atomic mass is 10.1. The molecule has 1 aromatic carbocycles. The molecule has 1 atom stereocenters. The van der Waals surface area contributed by atoms with E-state index in [9.17, 15) is 4.79 Å². The molecule has 1 saturated heterocycles. The number of nitrogens with one attached hydrogen (secondary N) is 1. The van der Waals surface area contributed by atoms with Gasteiger partial charge in [0, 0.05) is 30.3 Å². The molecule has 2 aromatic rings. The summed E-state index contributed by atoms with van der Waals surface area (Å²) in [6.07, 6.45) is 2.44. The van der Waals surface area contributed by atoms with E-state index in [1.165, 1.54) is 4.88 Å². The SMILES string of the molecule is Cc1ccc(C)c(NC(=O)CN(Cc2cccs2)C[C@@H]2CCCO2)c1. The van der Waals surface area contributed by atoms with E-state index >= 15 is 0 Å². The Morgan fingerprint density at radius 2 is 2.24 bits per heavy atom. The average Bonchev–Trinajstić information content (AvgIpc) is 3.25. The molecule has 1 fully saturated rings. The summed E-state index contributed by atoms with van der Waals surface area (Å²) in [6, 6.07) is 10.3. The Kier molecular flexibility index (Phi) is 6.24. The zero-order chi connectivity index (χ0) is 17.6. The van der Waals surface area contributed by atoms with Gasteiger partial charge in [-0.15, -0.1) is 11.3 Å². The highest BCUT2D eigenvalue weighted by Gasteiger charge is 2.21. The molecule has 0 saturated carbocycles. The largest absolute Gasteiger partial charge is 0.377 e. The molecular formula is C20H26N2O2S. The number of rotatable bonds is 7. The van der Waals surface area contributed by atoms with Crippen LogP contribution in [-0.4, -0.2) is 36.6 Å². The second-order valence-corrected chi connectivity index (χ2v) is 7.78. The summed E-state index contributed by atoms with van der Waals surface area (Å²) in [5.41, 5.74) is 3.14. The Bertz CT molecular complexity index is 694. The number of aryl methyl sites for hydroxylation is 2. The Morgan fingerprint density at radius 1 is 1.36 bits per heavy atom. The van der Waals surface area contributed by atoms with Gasteiger partial charge in [0.2, 0.25) is 5.91 Å². The van der Waals surface area contributed by atoms with Crippen molar-refractivity contribution in [3.63, 3.8) is 0 Å². The van der Waals surface area contributed by atoms with E-state index in [4.69, 9.17) is 4.74 Å². The first-order valence-corrected chi connectivity index (χ1v) is 9.71. The molecule has 1 amide bonds. The first kappa shape index (κ1) is 18.1. The molecule has 0 aliphatic carbocycles. The molecule has 1 aliphatic heterocycles. The fraction of sp³-hybridized carbons (Fsp3) is 0.450. The highest BCUT2D eigenvalue weighted by molar-refractivity contribution is 7.09. The van der Waals surface area contributed by atoms with E-state index in [0.29, 0.717) is 6.54 Å². The minimum absolute atomic E-state index is 0.0308. The van der Waals surface area contributed by atoms with Crippen LogP contribution < -0.4 is 5.32 Å². The number of ether oxygens (including phenoxy) is 1. The quantitative estimate of drug-likeness (QED) is 0.814. The van der Waals surface area contributed by atoms with Crippen molar-refractivity contribution in [2.24, 2.45) is 0 Å². The normalized spacial score (nSPS) is 17.2. The van der Waals surface area contributed by atoms with E-state index in [-0.39, 0.29) is 12.0 Å². The molecule has 134 valence electrons. The van der Waals surface area contributed by atoms with Gasteiger partial charge in [0.1, 0.15) is 0 Å². The standard InChI is InChI=1S/C20H26N2O2S/c1-15-7-8-16(2)19(11-15)21-20(23)14-22(12-17-5-3-9-24-17)13-18-6-4-10-25-18/h4,6-8,10-11,17H,3,5,9,12-14H2,1-2H3,(H,21,23)/t17-/m0/s1. The minimum Gasteiger partial charge on any atom is -0.377 e. The van der Waals surface area contributed by atoms with Crippen molar-refractivity contribution in [3.8, 4) is 0 Å². The van der Waals surface area contributed by atoms with Gasteiger partial charge < -0.3 is 10.1 Å². The first-order valence-electron chi connectivity index (χ1n) is 8.83. The zero-order valence-corrected chi connectivity index (χ0v) is 15.8. The molecule has 1 N–H and O–H groups in total. The Morgan fingerprint density at radius 3 is 2.96 bits per heavy atom. The van der Waals surface area contributed by atoms with Crippen LogP contribution in [0.2, 0.25) is 0 Å². The number of carbonyl (C=O) groups is 1. The molecule has 2 heterocycles. The first-order chi connectivity index (χ1) is 12.1. The Hall–Kier alpha value is -1.69. The van der Waals surface area contributed by atoms with Crippen molar-refractivity contribution < 1.29 is 9.53 Å². The van der Waals surface area contributed by atoms with Crippen LogP contribution in [0.1, 0.15) is 28.8 Å². The van der Waals surface area contributed by atoms with Crippen LogP contribution in [0.15, 0.2) is 35.7 Å². The number of nitrogens with zero attached hydrogens (tertiary/aromatic N) is 1. The monoisotopic (exact) mass is 358 g/mol. The topological polar surface area (TPSA) is 41.6 Å². The minimum atomic E-state index is 0.0308. The molecular weight excluding hydrogens is 332 g/mol. The van der Waals surface area contributed by atoms with Crippen molar-refractivity contribution in [2.45, 2.75) is 39.3 Å². The maximum Gasteiger partial charge on any atom is 0.238 e. The lowest BCUT2D eigenvalue weighted by Gasteiger charge is -2.24. The summed E-state index contributed by atoms with van der Waals surface area (Å²) in [6.45, 7) is 6.87. The number of carbonyl (C=O) groups excluding carboxylic acids is 1. The molecule has 5 heteroatoms. The molecule has 3 rings (SSSR count). The van der Waals surface area contributed by atoms with Crippen LogP contribution >= 0.6 is 11.3 Å². The fourth-order valence-corrected chi connectivity index (χ4v) is 3.89. The summed E-state index contributed by atoms with van der Waals surface area (Å²) < 4.78 is 5.77. The fourth-order valence-electron chi connectivity index (χ4n) is 3.15. The van der Waals surface area contributed by atoms with Crippen molar-refractivity contribution in [3.05, 3.63) is 51.7 Å². The van der Waals surface area contributed by atoms with Crippen molar-refractivity contribution in [2.75, 3.05) is 25.0 Å². The summed E-state index contributed by atoms with van der Waals surface area (Å²) in [7, 11) is 0. The number of amides is 1. The number of hydrogen-bond acceptors (Lipinski definition) is 4. The van der Waals surface area contributed by atoms with Crippen LogP contribution in [-0.2, 0) is 16.1 Å². The average molecular weight is 359 g/mol. The molecule has 4 nitrogen and oxygen atoms in total. The molecule has 1 aliphatic rings. The van der Waals surface area contributed by atoms with Gasteiger partial charge >= 0.3 is 0 Å². The van der Waals surface area contributed by atoms with E-state index in [1.54, 1.807) is 11.3 Å². The third kappa shape index (κ3) is 5.39. The van der Waals surface area contributed by atoms with Gasteiger partial charge in [-0.1, -0.05) is 18.2 Å². The summed E-state index contributed by atoms with van der Waals surface area (Å²) in [5, 5.41) is 5.15. The lowest BCUT2D eigenvalue weighted by Crippen LogP contribution is -2.37. The van der Waals surface area contributed by atoms with Gasteiger partial charge in [-0.05, 0) is 55.3 Å².